The van der Waals surface area contributed by atoms with Gasteiger partial charge in [0.05, 0.1) is 22.6 Å². The van der Waals surface area contributed by atoms with Crippen molar-refractivity contribution >= 4 is 17.6 Å². The van der Waals surface area contributed by atoms with Gasteiger partial charge in [0.25, 0.3) is 5.91 Å². The Morgan fingerprint density at radius 3 is 2.67 bits per heavy atom. The summed E-state index contributed by atoms with van der Waals surface area (Å²) in [5, 5.41) is 19.7. The van der Waals surface area contributed by atoms with E-state index in [-0.39, 0.29) is 11.3 Å². The van der Waals surface area contributed by atoms with Gasteiger partial charge in [-0.1, -0.05) is 6.92 Å². The first kappa shape index (κ1) is 14.7. The molecule has 0 unspecified atom stereocenters. The first-order chi connectivity index (χ1) is 9.93. The minimum Gasteiger partial charge on any atom is -0.478 e. The summed E-state index contributed by atoms with van der Waals surface area (Å²) < 4.78 is 0. The van der Waals surface area contributed by atoms with Gasteiger partial charge < -0.3 is 15.4 Å². The van der Waals surface area contributed by atoms with Gasteiger partial charge >= 0.3 is 5.97 Å². The lowest BCUT2D eigenvalue weighted by atomic mass is 10.1. The molecule has 0 aromatic carbocycles. The number of rotatable bonds is 4. The van der Waals surface area contributed by atoms with E-state index < -0.39 is 11.9 Å². The van der Waals surface area contributed by atoms with E-state index in [2.05, 4.69) is 20.5 Å². The Morgan fingerprint density at radius 2 is 2.05 bits per heavy atom. The molecule has 0 saturated heterocycles. The summed E-state index contributed by atoms with van der Waals surface area (Å²) in [5.41, 5.74) is 2.38. The minimum atomic E-state index is -1.09. The van der Waals surface area contributed by atoms with Gasteiger partial charge in [-0.15, -0.1) is 0 Å². The van der Waals surface area contributed by atoms with Gasteiger partial charge in [-0.25, -0.2) is 4.79 Å². The number of carboxylic acids is 1. The smallest absolute Gasteiger partial charge is 0.339 e. The molecule has 0 aliphatic heterocycles. The van der Waals surface area contributed by atoms with E-state index >= 15 is 0 Å². The number of nitrogens with zero attached hydrogens (tertiary/aromatic N) is 2. The topological polar surface area (TPSA) is 108 Å². The summed E-state index contributed by atoms with van der Waals surface area (Å²) in [6.45, 7) is 5.25. The molecule has 0 saturated carbocycles. The fraction of sp³-hybridized carbons (Fsp3) is 0.286. The molecule has 0 bridgehead atoms. The van der Waals surface area contributed by atoms with Crippen molar-refractivity contribution < 1.29 is 14.7 Å². The Labute approximate surface area is 121 Å². The number of carboxylic acid groups (broad SMARTS) is 1. The molecule has 2 heterocycles. The molecule has 2 aromatic heterocycles. The Hall–Kier alpha value is -2.70. The molecular weight excluding hydrogens is 272 g/mol. The Bertz CT molecular complexity index is 706. The predicted molar refractivity (Wildman–Crippen MR) is 76.6 cm³/mol. The quantitative estimate of drug-likeness (QED) is 0.796. The fourth-order valence-corrected chi connectivity index (χ4v) is 2.06. The van der Waals surface area contributed by atoms with Crippen LogP contribution in [0.2, 0.25) is 0 Å². The summed E-state index contributed by atoms with van der Waals surface area (Å²) in [7, 11) is 0. The third-order valence-corrected chi connectivity index (χ3v) is 3.11. The molecule has 21 heavy (non-hydrogen) atoms. The average Bonchev–Trinajstić information content (AvgIpc) is 2.79. The van der Waals surface area contributed by atoms with Crippen LogP contribution in [0, 0.1) is 13.8 Å². The van der Waals surface area contributed by atoms with Gasteiger partial charge in [0, 0.05) is 11.9 Å². The standard InChI is InChI=1S/C14H16N4O3/c1-4-10-9(5-7(2)17-18-10)13(19)16-11-6-15-8(3)12(11)14(20)21/h5-6,15H,4H2,1-3H3,(H,16,19)(H,20,21). The van der Waals surface area contributed by atoms with E-state index in [4.69, 9.17) is 0 Å². The molecule has 0 fully saturated rings. The van der Waals surface area contributed by atoms with Crippen molar-refractivity contribution in [3.63, 3.8) is 0 Å². The fourth-order valence-electron chi connectivity index (χ4n) is 2.06. The van der Waals surface area contributed by atoms with E-state index in [1.165, 1.54) is 6.20 Å². The number of aromatic amines is 1. The van der Waals surface area contributed by atoms with Crippen LogP contribution >= 0.6 is 0 Å². The second kappa shape index (κ2) is 5.74. The molecule has 0 aliphatic carbocycles. The second-order valence-electron chi connectivity index (χ2n) is 4.66. The zero-order valence-corrected chi connectivity index (χ0v) is 12.0. The average molecular weight is 288 g/mol. The minimum absolute atomic E-state index is 0.0557. The summed E-state index contributed by atoms with van der Waals surface area (Å²) in [5.74, 6) is -1.49. The molecule has 2 rings (SSSR count). The van der Waals surface area contributed by atoms with Crippen LogP contribution in [0.3, 0.4) is 0 Å². The lowest BCUT2D eigenvalue weighted by molar-refractivity contribution is 0.0697. The van der Waals surface area contributed by atoms with Crippen LogP contribution < -0.4 is 5.32 Å². The summed E-state index contributed by atoms with van der Waals surface area (Å²) >= 11 is 0. The number of hydrogen-bond donors (Lipinski definition) is 3. The SMILES string of the molecule is CCc1nnc(C)cc1C(=O)Nc1c[nH]c(C)c1C(=O)O. The third-order valence-electron chi connectivity index (χ3n) is 3.11. The highest BCUT2D eigenvalue weighted by Gasteiger charge is 2.19. The zero-order chi connectivity index (χ0) is 15.6. The van der Waals surface area contributed by atoms with Crippen LogP contribution in [0.1, 0.15) is 44.7 Å². The second-order valence-corrected chi connectivity index (χ2v) is 4.66. The highest BCUT2D eigenvalue weighted by Crippen LogP contribution is 2.20. The third kappa shape index (κ3) is 2.91. The largest absolute Gasteiger partial charge is 0.478 e. The van der Waals surface area contributed by atoms with Crippen molar-refractivity contribution in [2.75, 3.05) is 5.32 Å². The molecule has 3 N–H and O–H groups in total. The molecule has 110 valence electrons. The maximum Gasteiger partial charge on any atom is 0.339 e. The highest BCUT2D eigenvalue weighted by molar-refractivity contribution is 6.08. The molecule has 0 radical (unpaired) electrons. The van der Waals surface area contributed by atoms with Gasteiger partial charge in [0.2, 0.25) is 0 Å². The van der Waals surface area contributed by atoms with Crippen LogP contribution in [0.25, 0.3) is 0 Å². The Kier molecular flexibility index (Phi) is 4.02. The van der Waals surface area contributed by atoms with Crippen LogP contribution in [0.4, 0.5) is 5.69 Å². The summed E-state index contributed by atoms with van der Waals surface area (Å²) in [6.07, 6.45) is 2.03. The van der Waals surface area contributed by atoms with Crippen molar-refractivity contribution in [2.24, 2.45) is 0 Å². The number of carbonyl (C=O) groups is 2. The first-order valence-corrected chi connectivity index (χ1v) is 6.49. The first-order valence-electron chi connectivity index (χ1n) is 6.49. The number of carbonyl (C=O) groups excluding carboxylic acids is 1. The number of aromatic nitrogens is 3. The van der Waals surface area contributed by atoms with Crippen molar-refractivity contribution in [1.29, 1.82) is 0 Å². The molecule has 2 aromatic rings. The van der Waals surface area contributed by atoms with E-state index in [1.54, 1.807) is 19.9 Å². The van der Waals surface area contributed by atoms with Gasteiger partial charge in [-0.05, 0) is 26.3 Å². The molecule has 0 atom stereocenters. The van der Waals surface area contributed by atoms with Crippen LogP contribution in [0.5, 0.6) is 0 Å². The van der Waals surface area contributed by atoms with Crippen molar-refractivity contribution in [3.8, 4) is 0 Å². The summed E-state index contributed by atoms with van der Waals surface area (Å²) in [4.78, 5) is 26.3. The Balaban J connectivity index is 2.35. The lowest BCUT2D eigenvalue weighted by Gasteiger charge is -2.08. The molecule has 7 nitrogen and oxygen atoms in total. The molecule has 0 spiro atoms. The van der Waals surface area contributed by atoms with Gasteiger partial charge in [0.1, 0.15) is 5.56 Å². The zero-order valence-electron chi connectivity index (χ0n) is 12.0. The van der Waals surface area contributed by atoms with Crippen LogP contribution in [0.15, 0.2) is 12.3 Å². The number of amides is 1. The van der Waals surface area contributed by atoms with Crippen molar-refractivity contribution in [1.82, 2.24) is 15.2 Å². The van der Waals surface area contributed by atoms with E-state index in [0.717, 1.165) is 0 Å². The van der Waals surface area contributed by atoms with Gasteiger partial charge in [-0.3, -0.25) is 4.79 Å². The number of hydrogen-bond acceptors (Lipinski definition) is 4. The number of aromatic carboxylic acids is 1. The molecular formula is C14H16N4O3. The van der Waals surface area contributed by atoms with Crippen molar-refractivity contribution in [3.05, 3.63) is 40.5 Å². The van der Waals surface area contributed by atoms with E-state index in [1.807, 2.05) is 6.92 Å². The maximum absolute atomic E-state index is 12.3. The number of aryl methyl sites for hydroxylation is 3. The summed E-state index contributed by atoms with van der Waals surface area (Å²) in [6, 6.07) is 1.64. The normalized spacial score (nSPS) is 10.4. The molecule has 0 aliphatic rings. The van der Waals surface area contributed by atoms with Gasteiger partial charge in [0.15, 0.2) is 0 Å². The predicted octanol–water partition coefficient (Wildman–Crippen LogP) is 1.93. The number of anilines is 1. The van der Waals surface area contributed by atoms with E-state index in [9.17, 15) is 14.7 Å². The number of H-pyrrole nitrogens is 1. The number of nitrogens with one attached hydrogen (secondary N) is 2. The van der Waals surface area contributed by atoms with E-state index in [0.29, 0.717) is 29.1 Å². The van der Waals surface area contributed by atoms with Gasteiger partial charge in [-0.2, -0.15) is 10.2 Å². The Morgan fingerprint density at radius 1 is 1.33 bits per heavy atom. The van der Waals surface area contributed by atoms with Crippen LogP contribution in [-0.4, -0.2) is 32.2 Å². The molecule has 1 amide bonds. The lowest BCUT2D eigenvalue weighted by Crippen LogP contribution is -2.17. The van der Waals surface area contributed by atoms with Crippen LogP contribution in [-0.2, 0) is 6.42 Å². The monoisotopic (exact) mass is 288 g/mol. The highest BCUT2D eigenvalue weighted by atomic mass is 16.4. The van der Waals surface area contributed by atoms with Crippen molar-refractivity contribution in [2.45, 2.75) is 27.2 Å². The maximum atomic E-state index is 12.3. The molecule has 7 heteroatoms.